The Labute approximate surface area is 110 Å². The number of oxazole rings is 1. The number of hydrogen-bond donors (Lipinski definition) is 1. The predicted molar refractivity (Wildman–Crippen MR) is 67.9 cm³/mol. The summed E-state index contributed by atoms with van der Waals surface area (Å²) in [5.74, 6) is 0.987. The second kappa shape index (κ2) is 5.50. The lowest BCUT2D eigenvalue weighted by atomic mass is 10.1. The quantitative estimate of drug-likeness (QED) is 0.920. The van der Waals surface area contributed by atoms with Crippen LogP contribution in [0, 0.1) is 12.7 Å². The molecule has 1 aromatic carbocycles. The van der Waals surface area contributed by atoms with Crippen LogP contribution >= 0.6 is 11.6 Å². The molecule has 0 amide bonds. The molecular formula is C13H14ClFN2O. The van der Waals surface area contributed by atoms with Gasteiger partial charge < -0.3 is 9.73 Å². The number of hydrogen-bond acceptors (Lipinski definition) is 3. The average molecular weight is 269 g/mol. The highest BCUT2D eigenvalue weighted by Crippen LogP contribution is 2.20. The first-order valence-electron chi connectivity index (χ1n) is 5.66. The maximum Gasteiger partial charge on any atom is 0.208 e. The minimum Gasteiger partial charge on any atom is -0.445 e. The van der Waals surface area contributed by atoms with Gasteiger partial charge in [-0.1, -0.05) is 17.7 Å². The fraction of sp³-hybridized carbons (Fsp3) is 0.308. The van der Waals surface area contributed by atoms with Crippen LogP contribution in [-0.2, 0) is 6.54 Å². The van der Waals surface area contributed by atoms with E-state index in [0.717, 1.165) is 11.3 Å². The Morgan fingerprint density at radius 3 is 2.89 bits per heavy atom. The molecule has 0 radical (unpaired) electrons. The van der Waals surface area contributed by atoms with Crippen molar-refractivity contribution in [3.63, 3.8) is 0 Å². The summed E-state index contributed by atoms with van der Waals surface area (Å²) in [4.78, 5) is 4.09. The molecule has 0 spiro atoms. The molecule has 1 atom stereocenters. The maximum atomic E-state index is 13.3. The van der Waals surface area contributed by atoms with E-state index >= 15 is 0 Å². The van der Waals surface area contributed by atoms with Gasteiger partial charge in [0.1, 0.15) is 11.6 Å². The highest BCUT2D eigenvalue weighted by Gasteiger charge is 2.09. The number of nitrogens with one attached hydrogen (secondary N) is 1. The number of rotatable bonds is 4. The van der Waals surface area contributed by atoms with E-state index in [9.17, 15) is 4.39 Å². The Balaban J connectivity index is 1.99. The lowest BCUT2D eigenvalue weighted by Gasteiger charge is -2.13. The van der Waals surface area contributed by atoms with Crippen molar-refractivity contribution in [3.05, 3.63) is 52.5 Å². The van der Waals surface area contributed by atoms with Crippen molar-refractivity contribution in [1.82, 2.24) is 10.3 Å². The molecule has 0 aliphatic heterocycles. The van der Waals surface area contributed by atoms with Gasteiger partial charge in [0.05, 0.1) is 17.8 Å². The Hall–Kier alpha value is -1.39. The first kappa shape index (κ1) is 13.1. The summed E-state index contributed by atoms with van der Waals surface area (Å²) in [6.07, 6.45) is 1.67. The van der Waals surface area contributed by atoms with Crippen LogP contribution in [0.3, 0.4) is 0 Å². The smallest absolute Gasteiger partial charge is 0.208 e. The van der Waals surface area contributed by atoms with Crippen molar-refractivity contribution in [1.29, 1.82) is 0 Å². The van der Waals surface area contributed by atoms with E-state index in [2.05, 4.69) is 10.3 Å². The summed E-state index contributed by atoms with van der Waals surface area (Å²) in [6, 6.07) is 4.77. The second-order valence-electron chi connectivity index (χ2n) is 4.14. The number of aromatic nitrogens is 1. The van der Waals surface area contributed by atoms with Crippen molar-refractivity contribution < 1.29 is 8.81 Å². The lowest BCUT2D eigenvalue weighted by molar-refractivity contribution is 0.432. The Kier molecular flexibility index (Phi) is 3.99. The van der Waals surface area contributed by atoms with E-state index < -0.39 is 5.82 Å². The predicted octanol–water partition coefficient (Wildman–Crippen LogP) is 3.63. The zero-order valence-corrected chi connectivity index (χ0v) is 11.0. The summed E-state index contributed by atoms with van der Waals surface area (Å²) in [7, 11) is 0. The molecule has 0 saturated carbocycles. The molecule has 2 rings (SSSR count). The van der Waals surface area contributed by atoms with Gasteiger partial charge in [0, 0.05) is 6.04 Å². The summed E-state index contributed by atoms with van der Waals surface area (Å²) >= 11 is 5.64. The average Bonchev–Trinajstić information content (AvgIpc) is 2.75. The number of halogens is 2. The van der Waals surface area contributed by atoms with Crippen molar-refractivity contribution in [2.75, 3.05) is 0 Å². The van der Waals surface area contributed by atoms with Crippen LogP contribution in [0.25, 0.3) is 0 Å². The third kappa shape index (κ3) is 3.09. The molecule has 3 nitrogen and oxygen atoms in total. The van der Waals surface area contributed by atoms with E-state index in [4.69, 9.17) is 16.0 Å². The van der Waals surface area contributed by atoms with E-state index in [1.807, 2.05) is 13.8 Å². The van der Waals surface area contributed by atoms with Gasteiger partial charge >= 0.3 is 0 Å². The van der Waals surface area contributed by atoms with Crippen LogP contribution in [0.15, 0.2) is 28.8 Å². The Morgan fingerprint density at radius 2 is 2.28 bits per heavy atom. The van der Waals surface area contributed by atoms with Crippen LogP contribution in [0.4, 0.5) is 4.39 Å². The van der Waals surface area contributed by atoms with Crippen molar-refractivity contribution in [2.24, 2.45) is 0 Å². The van der Waals surface area contributed by atoms with E-state index in [1.165, 1.54) is 6.07 Å². The molecule has 18 heavy (non-hydrogen) atoms. The molecule has 5 heteroatoms. The van der Waals surface area contributed by atoms with Gasteiger partial charge in [-0.15, -0.1) is 0 Å². The first-order chi connectivity index (χ1) is 8.56. The summed E-state index contributed by atoms with van der Waals surface area (Å²) in [6.45, 7) is 4.28. The second-order valence-corrected chi connectivity index (χ2v) is 4.55. The molecule has 0 aliphatic carbocycles. The van der Waals surface area contributed by atoms with E-state index in [-0.39, 0.29) is 11.1 Å². The molecule has 96 valence electrons. The van der Waals surface area contributed by atoms with Crippen LogP contribution < -0.4 is 5.32 Å². The minimum absolute atomic E-state index is 0.0102. The van der Waals surface area contributed by atoms with E-state index in [0.29, 0.717) is 12.4 Å². The number of benzene rings is 1. The van der Waals surface area contributed by atoms with Crippen LogP contribution in [0.2, 0.25) is 5.02 Å². The lowest BCUT2D eigenvalue weighted by Crippen LogP contribution is -2.18. The van der Waals surface area contributed by atoms with Gasteiger partial charge in [0.25, 0.3) is 0 Å². The molecule has 0 aliphatic rings. The number of nitrogens with zero attached hydrogens (tertiary/aromatic N) is 1. The fourth-order valence-corrected chi connectivity index (χ4v) is 1.74. The van der Waals surface area contributed by atoms with E-state index in [1.54, 1.807) is 18.3 Å². The van der Waals surface area contributed by atoms with Gasteiger partial charge in [0.2, 0.25) is 5.89 Å². The molecule has 2 aromatic rings. The van der Waals surface area contributed by atoms with Crippen molar-refractivity contribution in [2.45, 2.75) is 26.4 Å². The number of aryl methyl sites for hydroxylation is 1. The normalized spacial score (nSPS) is 12.7. The van der Waals surface area contributed by atoms with Crippen LogP contribution in [-0.4, -0.2) is 4.98 Å². The van der Waals surface area contributed by atoms with Gasteiger partial charge in [0.15, 0.2) is 0 Å². The van der Waals surface area contributed by atoms with Crippen LogP contribution in [0.1, 0.15) is 30.2 Å². The minimum atomic E-state index is -0.408. The SMILES string of the molecule is Cc1cnc(CNC(C)c2ccc(Cl)c(F)c2)o1. The zero-order chi connectivity index (χ0) is 13.1. The van der Waals surface area contributed by atoms with Gasteiger partial charge in [-0.2, -0.15) is 0 Å². The fourth-order valence-electron chi connectivity index (χ4n) is 1.62. The zero-order valence-electron chi connectivity index (χ0n) is 10.2. The topological polar surface area (TPSA) is 38.1 Å². The Bertz CT molecular complexity index is 542. The molecular weight excluding hydrogens is 255 g/mol. The Morgan fingerprint density at radius 1 is 1.50 bits per heavy atom. The van der Waals surface area contributed by atoms with Gasteiger partial charge in [-0.3, -0.25) is 0 Å². The van der Waals surface area contributed by atoms with Crippen molar-refractivity contribution in [3.8, 4) is 0 Å². The third-order valence-corrected chi connectivity index (χ3v) is 2.98. The molecule has 1 aromatic heterocycles. The largest absolute Gasteiger partial charge is 0.445 e. The summed E-state index contributed by atoms with van der Waals surface area (Å²) in [5, 5.41) is 3.34. The highest BCUT2D eigenvalue weighted by molar-refractivity contribution is 6.30. The molecule has 0 saturated heterocycles. The molecule has 0 fully saturated rings. The maximum absolute atomic E-state index is 13.3. The van der Waals surface area contributed by atoms with Gasteiger partial charge in [-0.05, 0) is 31.5 Å². The first-order valence-corrected chi connectivity index (χ1v) is 6.03. The molecule has 1 heterocycles. The van der Waals surface area contributed by atoms with Crippen molar-refractivity contribution >= 4 is 11.6 Å². The highest BCUT2D eigenvalue weighted by atomic mass is 35.5. The summed E-state index contributed by atoms with van der Waals surface area (Å²) < 4.78 is 18.7. The molecule has 1 N–H and O–H groups in total. The van der Waals surface area contributed by atoms with Gasteiger partial charge in [-0.25, -0.2) is 9.37 Å². The molecule has 0 bridgehead atoms. The summed E-state index contributed by atoms with van der Waals surface area (Å²) in [5.41, 5.74) is 0.833. The van der Waals surface area contributed by atoms with Crippen LogP contribution in [0.5, 0.6) is 0 Å². The third-order valence-electron chi connectivity index (χ3n) is 2.67. The monoisotopic (exact) mass is 268 g/mol. The molecule has 1 unspecified atom stereocenters. The standard InChI is InChI=1S/C13H14ClFN2O/c1-8-6-17-13(18-8)7-16-9(2)10-3-4-11(14)12(15)5-10/h3-6,9,16H,7H2,1-2H3.